The van der Waals surface area contributed by atoms with Crippen molar-refractivity contribution in [1.82, 2.24) is 10.4 Å². The molecular formula is C15H16N4OS. The fourth-order valence-electron chi connectivity index (χ4n) is 1.76. The SMILES string of the molecule is CN(NC(=S)Nc1ccccc1)C(=O)c1ccccc1N. The Morgan fingerprint density at radius 1 is 1.10 bits per heavy atom. The van der Waals surface area contributed by atoms with Crippen LogP contribution in [0.25, 0.3) is 0 Å². The summed E-state index contributed by atoms with van der Waals surface area (Å²) >= 11 is 5.17. The minimum Gasteiger partial charge on any atom is -0.398 e. The molecule has 4 N–H and O–H groups in total. The van der Waals surface area contributed by atoms with Crippen molar-refractivity contribution in [3.63, 3.8) is 0 Å². The number of nitrogens with zero attached hydrogens (tertiary/aromatic N) is 1. The van der Waals surface area contributed by atoms with Crippen molar-refractivity contribution in [2.45, 2.75) is 0 Å². The van der Waals surface area contributed by atoms with Crippen molar-refractivity contribution in [2.75, 3.05) is 18.1 Å². The Kier molecular flexibility index (Phi) is 4.73. The average molecular weight is 300 g/mol. The van der Waals surface area contributed by atoms with Crippen LogP contribution in [-0.2, 0) is 0 Å². The molecular weight excluding hydrogens is 284 g/mol. The molecule has 6 heteroatoms. The average Bonchev–Trinajstić information content (AvgIpc) is 2.48. The van der Waals surface area contributed by atoms with Crippen molar-refractivity contribution >= 4 is 34.6 Å². The number of carbonyl (C=O) groups is 1. The summed E-state index contributed by atoms with van der Waals surface area (Å²) in [5.41, 5.74) is 10.3. The van der Waals surface area contributed by atoms with E-state index in [9.17, 15) is 4.79 Å². The molecule has 1 amide bonds. The van der Waals surface area contributed by atoms with Crippen molar-refractivity contribution in [3.05, 3.63) is 60.2 Å². The quantitative estimate of drug-likeness (QED) is 0.451. The molecule has 108 valence electrons. The third-order valence-electron chi connectivity index (χ3n) is 2.80. The molecule has 0 aliphatic heterocycles. The third kappa shape index (κ3) is 3.93. The Hall–Kier alpha value is -2.60. The molecule has 0 spiro atoms. The van der Waals surface area contributed by atoms with Crippen LogP contribution in [0.5, 0.6) is 0 Å². The first-order valence-corrected chi connectivity index (χ1v) is 6.74. The highest BCUT2D eigenvalue weighted by atomic mass is 32.1. The third-order valence-corrected chi connectivity index (χ3v) is 2.99. The van der Waals surface area contributed by atoms with Gasteiger partial charge < -0.3 is 11.1 Å². The van der Waals surface area contributed by atoms with Crippen molar-refractivity contribution in [1.29, 1.82) is 0 Å². The van der Waals surface area contributed by atoms with E-state index in [1.54, 1.807) is 31.3 Å². The van der Waals surface area contributed by atoms with E-state index in [0.717, 1.165) is 5.69 Å². The molecule has 2 rings (SSSR count). The zero-order chi connectivity index (χ0) is 15.2. The molecule has 0 saturated carbocycles. The molecule has 0 unspecified atom stereocenters. The molecule has 0 aromatic heterocycles. The minimum atomic E-state index is -0.259. The van der Waals surface area contributed by atoms with Crippen LogP contribution in [0.1, 0.15) is 10.4 Å². The molecule has 0 bridgehead atoms. The number of hydrazine groups is 1. The summed E-state index contributed by atoms with van der Waals surface area (Å²) in [7, 11) is 1.59. The van der Waals surface area contributed by atoms with Crippen LogP contribution in [0.4, 0.5) is 11.4 Å². The van der Waals surface area contributed by atoms with Gasteiger partial charge in [-0.2, -0.15) is 0 Å². The molecule has 0 radical (unpaired) electrons. The van der Waals surface area contributed by atoms with Crippen molar-refractivity contribution < 1.29 is 4.79 Å². The lowest BCUT2D eigenvalue weighted by atomic mass is 10.1. The number of carbonyl (C=O) groups excluding carboxylic acids is 1. The monoisotopic (exact) mass is 300 g/mol. The van der Waals surface area contributed by atoms with E-state index in [2.05, 4.69) is 10.7 Å². The van der Waals surface area contributed by atoms with Gasteiger partial charge in [-0.05, 0) is 36.5 Å². The van der Waals surface area contributed by atoms with Gasteiger partial charge in [0.15, 0.2) is 5.11 Å². The normalized spacial score (nSPS) is 9.76. The molecule has 0 atom stereocenters. The van der Waals surface area contributed by atoms with Gasteiger partial charge in [0.05, 0.1) is 5.56 Å². The highest BCUT2D eigenvalue weighted by Gasteiger charge is 2.14. The summed E-state index contributed by atoms with van der Waals surface area (Å²) in [6, 6.07) is 16.4. The number of anilines is 2. The predicted molar refractivity (Wildman–Crippen MR) is 88.7 cm³/mol. The van der Waals surface area contributed by atoms with Crippen LogP contribution >= 0.6 is 12.2 Å². The molecule has 5 nitrogen and oxygen atoms in total. The van der Waals surface area contributed by atoms with Gasteiger partial charge in [-0.25, -0.2) is 0 Å². The number of hydrogen-bond donors (Lipinski definition) is 3. The first kappa shape index (κ1) is 14.8. The fourth-order valence-corrected chi connectivity index (χ4v) is 2.01. The molecule has 2 aromatic rings. The summed E-state index contributed by atoms with van der Waals surface area (Å²) in [6.45, 7) is 0. The van der Waals surface area contributed by atoms with E-state index in [-0.39, 0.29) is 5.91 Å². The van der Waals surface area contributed by atoms with Gasteiger partial charge in [0.25, 0.3) is 5.91 Å². The second-order valence-corrected chi connectivity index (χ2v) is 4.79. The van der Waals surface area contributed by atoms with Crippen LogP contribution in [0, 0.1) is 0 Å². The van der Waals surface area contributed by atoms with E-state index in [1.807, 2.05) is 30.3 Å². The standard InChI is InChI=1S/C15H16N4OS/c1-19(14(20)12-9-5-6-10-13(12)16)18-15(21)17-11-7-3-2-4-8-11/h2-10H,16H2,1H3,(H2,17,18,21). The highest BCUT2D eigenvalue weighted by Crippen LogP contribution is 2.12. The maximum Gasteiger partial charge on any atom is 0.274 e. The summed E-state index contributed by atoms with van der Waals surface area (Å²) < 4.78 is 0. The maximum absolute atomic E-state index is 12.2. The number of benzene rings is 2. The molecule has 0 saturated heterocycles. The van der Waals surface area contributed by atoms with E-state index in [4.69, 9.17) is 18.0 Å². The summed E-state index contributed by atoms with van der Waals surface area (Å²) in [5.74, 6) is -0.259. The number of nitrogens with two attached hydrogens (primary N) is 1. The van der Waals surface area contributed by atoms with Crippen LogP contribution in [0.2, 0.25) is 0 Å². The Labute approximate surface area is 128 Å². The Morgan fingerprint density at radius 2 is 1.71 bits per heavy atom. The Bertz CT molecular complexity index is 645. The smallest absolute Gasteiger partial charge is 0.274 e. The largest absolute Gasteiger partial charge is 0.398 e. The lowest BCUT2D eigenvalue weighted by molar-refractivity contribution is 0.0761. The molecule has 0 fully saturated rings. The summed E-state index contributed by atoms with van der Waals surface area (Å²) in [5, 5.41) is 4.61. The lowest BCUT2D eigenvalue weighted by Gasteiger charge is -2.21. The van der Waals surface area contributed by atoms with Crippen LogP contribution < -0.4 is 16.5 Å². The zero-order valence-electron chi connectivity index (χ0n) is 11.5. The first-order chi connectivity index (χ1) is 10.1. The van der Waals surface area contributed by atoms with Gasteiger partial charge in [-0.3, -0.25) is 15.2 Å². The number of amides is 1. The van der Waals surface area contributed by atoms with Crippen LogP contribution in [0.3, 0.4) is 0 Å². The van der Waals surface area contributed by atoms with Gasteiger partial charge in [0.1, 0.15) is 0 Å². The molecule has 0 aliphatic rings. The molecule has 0 aliphatic carbocycles. The number of nitrogen functional groups attached to an aromatic ring is 1. The lowest BCUT2D eigenvalue weighted by Crippen LogP contribution is -2.45. The summed E-state index contributed by atoms with van der Waals surface area (Å²) in [4.78, 5) is 12.2. The number of hydrogen-bond acceptors (Lipinski definition) is 3. The van der Waals surface area contributed by atoms with E-state index < -0.39 is 0 Å². The summed E-state index contributed by atoms with van der Waals surface area (Å²) in [6.07, 6.45) is 0. The zero-order valence-corrected chi connectivity index (χ0v) is 12.4. The maximum atomic E-state index is 12.2. The number of nitrogens with one attached hydrogen (secondary N) is 2. The van der Waals surface area contributed by atoms with Crippen molar-refractivity contribution in [3.8, 4) is 0 Å². The second kappa shape index (κ2) is 6.71. The Morgan fingerprint density at radius 3 is 2.38 bits per heavy atom. The molecule has 0 heterocycles. The molecule has 2 aromatic carbocycles. The molecule has 21 heavy (non-hydrogen) atoms. The van der Waals surface area contributed by atoms with Crippen LogP contribution in [0.15, 0.2) is 54.6 Å². The van der Waals surface area contributed by atoms with Gasteiger partial charge in [0, 0.05) is 18.4 Å². The number of thiocarbonyl (C=S) groups is 1. The van der Waals surface area contributed by atoms with Gasteiger partial charge in [-0.15, -0.1) is 0 Å². The van der Waals surface area contributed by atoms with Gasteiger partial charge in [0.2, 0.25) is 0 Å². The van der Waals surface area contributed by atoms with Crippen molar-refractivity contribution in [2.24, 2.45) is 0 Å². The minimum absolute atomic E-state index is 0.259. The number of para-hydroxylation sites is 2. The predicted octanol–water partition coefficient (Wildman–Crippen LogP) is 2.24. The Balaban J connectivity index is 1.98. The topological polar surface area (TPSA) is 70.4 Å². The second-order valence-electron chi connectivity index (χ2n) is 4.38. The first-order valence-electron chi connectivity index (χ1n) is 6.33. The van der Waals surface area contributed by atoms with Gasteiger partial charge >= 0.3 is 0 Å². The van der Waals surface area contributed by atoms with E-state index in [1.165, 1.54) is 5.01 Å². The fraction of sp³-hybridized carbons (Fsp3) is 0.0667. The van der Waals surface area contributed by atoms with E-state index in [0.29, 0.717) is 16.4 Å². The number of rotatable bonds is 2. The van der Waals surface area contributed by atoms with E-state index >= 15 is 0 Å². The van der Waals surface area contributed by atoms with Gasteiger partial charge in [-0.1, -0.05) is 30.3 Å². The van der Waals surface area contributed by atoms with Crippen LogP contribution in [-0.4, -0.2) is 23.1 Å². The highest BCUT2D eigenvalue weighted by molar-refractivity contribution is 7.80.